The van der Waals surface area contributed by atoms with Gasteiger partial charge in [-0.25, -0.2) is 4.98 Å². The number of benzene rings is 3. The second kappa shape index (κ2) is 8.79. The van der Waals surface area contributed by atoms with Crippen LogP contribution in [0.5, 0.6) is 0 Å². The summed E-state index contributed by atoms with van der Waals surface area (Å²) in [5, 5.41) is 3.93. The highest BCUT2D eigenvalue weighted by Gasteiger charge is 2.35. The first-order valence-corrected chi connectivity index (χ1v) is 12.0. The predicted molar refractivity (Wildman–Crippen MR) is 135 cm³/mol. The zero-order chi connectivity index (χ0) is 22.9. The average Bonchev–Trinajstić information content (AvgIpc) is 3.43. The number of nitrogens with one attached hydrogen (secondary N) is 1. The summed E-state index contributed by atoms with van der Waals surface area (Å²) in [7, 11) is 0. The Kier molecular flexibility index (Phi) is 5.68. The topological polar surface area (TPSA) is 62.3 Å². The molecule has 0 bridgehead atoms. The monoisotopic (exact) mass is 455 g/mol. The highest BCUT2D eigenvalue weighted by Crippen LogP contribution is 2.32. The van der Waals surface area contributed by atoms with E-state index in [4.69, 9.17) is 4.98 Å². The molecule has 5 nitrogen and oxygen atoms in total. The molecule has 1 aromatic heterocycles. The first-order chi connectivity index (χ1) is 16.0. The van der Waals surface area contributed by atoms with E-state index >= 15 is 0 Å². The van der Waals surface area contributed by atoms with Crippen molar-refractivity contribution in [1.82, 2.24) is 4.98 Å². The molecule has 1 saturated heterocycles. The van der Waals surface area contributed by atoms with Gasteiger partial charge < -0.3 is 10.2 Å². The smallest absolute Gasteiger partial charge is 0.229 e. The number of amides is 2. The second-order valence-corrected chi connectivity index (χ2v) is 9.51. The summed E-state index contributed by atoms with van der Waals surface area (Å²) in [6.45, 7) is 4.58. The lowest BCUT2D eigenvalue weighted by Crippen LogP contribution is -2.28. The predicted octanol–water partition coefficient (Wildman–Crippen LogP) is 5.83. The maximum atomic E-state index is 12.8. The van der Waals surface area contributed by atoms with Gasteiger partial charge >= 0.3 is 0 Å². The molecule has 2 heterocycles. The van der Waals surface area contributed by atoms with Crippen molar-refractivity contribution in [2.45, 2.75) is 26.7 Å². The SMILES string of the molecule is CCc1ccc(N2CC(C(=O)Nc3ccc(-c4nc5ccc(C)cc5s4)cc3)CC2=O)cc1. The maximum Gasteiger partial charge on any atom is 0.229 e. The van der Waals surface area contributed by atoms with Crippen LogP contribution in [-0.2, 0) is 16.0 Å². The molecule has 1 N–H and O–H groups in total. The highest BCUT2D eigenvalue weighted by atomic mass is 32.1. The Balaban J connectivity index is 1.25. The summed E-state index contributed by atoms with van der Waals surface area (Å²) in [5.74, 6) is -0.504. The lowest BCUT2D eigenvalue weighted by molar-refractivity contribution is -0.122. The number of carbonyl (C=O) groups excluding carboxylic acids is 2. The van der Waals surface area contributed by atoms with Crippen molar-refractivity contribution in [1.29, 1.82) is 0 Å². The molecular weight excluding hydrogens is 430 g/mol. The molecule has 1 unspecified atom stereocenters. The van der Waals surface area contributed by atoms with E-state index < -0.39 is 0 Å². The Morgan fingerprint density at radius 2 is 1.85 bits per heavy atom. The summed E-state index contributed by atoms with van der Waals surface area (Å²) in [5.41, 5.74) is 6.03. The van der Waals surface area contributed by atoms with Crippen LogP contribution in [0.1, 0.15) is 24.5 Å². The van der Waals surface area contributed by atoms with Gasteiger partial charge in [-0.05, 0) is 73.0 Å². The Hall–Kier alpha value is -3.51. The Bertz CT molecular complexity index is 1330. The van der Waals surface area contributed by atoms with Gasteiger partial charge in [0.15, 0.2) is 0 Å². The van der Waals surface area contributed by atoms with E-state index in [1.165, 1.54) is 15.8 Å². The first kappa shape index (κ1) is 21.3. The van der Waals surface area contributed by atoms with Crippen LogP contribution in [0.4, 0.5) is 11.4 Å². The lowest BCUT2D eigenvalue weighted by Gasteiger charge is -2.17. The van der Waals surface area contributed by atoms with Gasteiger partial charge in [0.25, 0.3) is 0 Å². The molecule has 0 radical (unpaired) electrons. The number of aromatic nitrogens is 1. The van der Waals surface area contributed by atoms with Gasteiger partial charge in [-0.1, -0.05) is 25.1 Å². The number of hydrogen-bond donors (Lipinski definition) is 1. The van der Waals surface area contributed by atoms with E-state index in [2.05, 4.69) is 31.3 Å². The molecule has 1 aliphatic heterocycles. The molecule has 3 aromatic carbocycles. The molecule has 0 saturated carbocycles. The number of nitrogens with zero attached hydrogens (tertiary/aromatic N) is 2. The van der Waals surface area contributed by atoms with Gasteiger partial charge in [0.1, 0.15) is 5.01 Å². The van der Waals surface area contributed by atoms with Crippen LogP contribution in [0.15, 0.2) is 66.7 Å². The molecule has 1 aliphatic rings. The standard InChI is InChI=1S/C27H25N3O2S/c1-3-18-5-11-22(12-6-18)30-16-20(15-25(30)31)26(32)28-21-9-7-19(8-10-21)27-29-23-13-4-17(2)14-24(23)33-27/h4-14,20H,3,15-16H2,1-2H3,(H,28,32). The molecular formula is C27H25N3O2S. The number of rotatable bonds is 5. The van der Waals surface area contributed by atoms with Crippen molar-refractivity contribution in [2.24, 2.45) is 5.92 Å². The minimum absolute atomic E-state index is 0.0131. The fourth-order valence-electron chi connectivity index (χ4n) is 4.14. The van der Waals surface area contributed by atoms with Crippen LogP contribution < -0.4 is 10.2 Å². The molecule has 166 valence electrons. The van der Waals surface area contributed by atoms with Gasteiger partial charge in [-0.3, -0.25) is 9.59 Å². The minimum Gasteiger partial charge on any atom is -0.326 e. The van der Waals surface area contributed by atoms with E-state index in [9.17, 15) is 9.59 Å². The van der Waals surface area contributed by atoms with E-state index in [1.807, 2.05) is 54.6 Å². The van der Waals surface area contributed by atoms with Crippen LogP contribution in [0, 0.1) is 12.8 Å². The third kappa shape index (κ3) is 4.39. The largest absolute Gasteiger partial charge is 0.326 e. The summed E-state index contributed by atoms with van der Waals surface area (Å²) in [6.07, 6.45) is 1.18. The molecule has 6 heteroatoms. The highest BCUT2D eigenvalue weighted by molar-refractivity contribution is 7.21. The number of carbonyl (C=O) groups is 2. The van der Waals surface area contributed by atoms with E-state index in [-0.39, 0.29) is 24.2 Å². The van der Waals surface area contributed by atoms with Crippen LogP contribution in [-0.4, -0.2) is 23.3 Å². The summed E-state index contributed by atoms with van der Waals surface area (Å²) < 4.78 is 1.17. The zero-order valence-electron chi connectivity index (χ0n) is 18.7. The molecule has 0 spiro atoms. The van der Waals surface area contributed by atoms with Crippen molar-refractivity contribution in [2.75, 3.05) is 16.8 Å². The molecule has 2 amide bonds. The number of fused-ring (bicyclic) bond motifs is 1. The van der Waals surface area contributed by atoms with Crippen LogP contribution >= 0.6 is 11.3 Å². The normalized spacial score (nSPS) is 15.9. The third-order valence-electron chi connectivity index (χ3n) is 6.10. The van der Waals surface area contributed by atoms with Crippen LogP contribution in [0.2, 0.25) is 0 Å². The van der Waals surface area contributed by atoms with Crippen LogP contribution in [0.3, 0.4) is 0 Å². The molecule has 0 aliphatic carbocycles. The van der Waals surface area contributed by atoms with E-state index in [1.54, 1.807) is 16.2 Å². The molecule has 1 atom stereocenters. The van der Waals surface area contributed by atoms with Gasteiger partial charge in [0, 0.05) is 29.9 Å². The quantitative estimate of drug-likeness (QED) is 0.412. The van der Waals surface area contributed by atoms with Crippen molar-refractivity contribution in [3.05, 3.63) is 77.9 Å². The minimum atomic E-state index is -0.365. The Labute approximate surface area is 197 Å². The summed E-state index contributed by atoms with van der Waals surface area (Å²) >= 11 is 1.66. The van der Waals surface area contributed by atoms with Crippen molar-refractivity contribution in [3.63, 3.8) is 0 Å². The lowest BCUT2D eigenvalue weighted by atomic mass is 10.1. The molecule has 4 aromatic rings. The molecule has 5 rings (SSSR count). The number of thiazole rings is 1. The number of aryl methyl sites for hydroxylation is 2. The van der Waals surface area contributed by atoms with E-state index in [0.717, 1.165) is 33.9 Å². The van der Waals surface area contributed by atoms with Gasteiger partial charge in [0.05, 0.1) is 16.1 Å². The molecule has 1 fully saturated rings. The van der Waals surface area contributed by atoms with Crippen molar-refractivity contribution >= 4 is 44.7 Å². The molecule has 33 heavy (non-hydrogen) atoms. The summed E-state index contributed by atoms with van der Waals surface area (Å²) in [6, 6.07) is 22.0. The van der Waals surface area contributed by atoms with Crippen molar-refractivity contribution < 1.29 is 9.59 Å². The maximum absolute atomic E-state index is 12.8. The fraction of sp³-hybridized carbons (Fsp3) is 0.222. The Morgan fingerprint density at radius 3 is 2.58 bits per heavy atom. The first-order valence-electron chi connectivity index (χ1n) is 11.2. The summed E-state index contributed by atoms with van der Waals surface area (Å²) in [4.78, 5) is 31.8. The average molecular weight is 456 g/mol. The van der Waals surface area contributed by atoms with Gasteiger partial charge in [-0.2, -0.15) is 0 Å². The third-order valence-corrected chi connectivity index (χ3v) is 7.16. The fourth-order valence-corrected chi connectivity index (χ4v) is 5.21. The van der Waals surface area contributed by atoms with Crippen LogP contribution in [0.25, 0.3) is 20.8 Å². The van der Waals surface area contributed by atoms with E-state index in [0.29, 0.717) is 6.54 Å². The number of anilines is 2. The number of hydrogen-bond acceptors (Lipinski definition) is 4. The second-order valence-electron chi connectivity index (χ2n) is 8.48. The van der Waals surface area contributed by atoms with Gasteiger partial charge in [0.2, 0.25) is 11.8 Å². The van der Waals surface area contributed by atoms with Gasteiger partial charge in [-0.15, -0.1) is 11.3 Å². The van der Waals surface area contributed by atoms with Crippen molar-refractivity contribution in [3.8, 4) is 10.6 Å². The Morgan fingerprint density at radius 1 is 1.09 bits per heavy atom. The zero-order valence-corrected chi connectivity index (χ0v) is 19.5.